The van der Waals surface area contributed by atoms with Crippen molar-refractivity contribution >= 4 is 0 Å². The molecule has 3 rings (SSSR count). The predicted octanol–water partition coefficient (Wildman–Crippen LogP) is 3.62. The molecule has 0 aliphatic carbocycles. The molecule has 1 atom stereocenters. The minimum absolute atomic E-state index is 0.104. The van der Waals surface area contributed by atoms with E-state index in [9.17, 15) is 0 Å². The molecule has 2 heteroatoms. The Balaban J connectivity index is 1.91. The summed E-state index contributed by atoms with van der Waals surface area (Å²) in [5.74, 6) is 0.856. The van der Waals surface area contributed by atoms with Crippen molar-refractivity contribution in [3.63, 3.8) is 0 Å². The van der Waals surface area contributed by atoms with Crippen LogP contribution in [0.4, 0.5) is 0 Å². The molecule has 1 aliphatic rings. The summed E-state index contributed by atoms with van der Waals surface area (Å²) in [6, 6.07) is 18.1. The van der Waals surface area contributed by atoms with Crippen molar-refractivity contribution in [2.75, 3.05) is 0 Å². The minimum atomic E-state index is 0.104. The first-order chi connectivity index (χ1) is 8.86. The van der Waals surface area contributed by atoms with Crippen molar-refractivity contribution in [2.45, 2.75) is 18.9 Å². The third-order valence-corrected chi connectivity index (χ3v) is 3.31. The van der Waals surface area contributed by atoms with Gasteiger partial charge in [-0.1, -0.05) is 36.4 Å². The second kappa shape index (κ2) is 4.54. The van der Waals surface area contributed by atoms with Crippen molar-refractivity contribution in [3.05, 3.63) is 65.2 Å². The van der Waals surface area contributed by atoms with Gasteiger partial charge in [0.15, 0.2) is 0 Å². The molecule has 0 aromatic heterocycles. The third-order valence-electron chi connectivity index (χ3n) is 3.31. The van der Waals surface area contributed by atoms with Crippen LogP contribution in [-0.2, 0) is 6.42 Å². The topological polar surface area (TPSA) is 33.0 Å². The summed E-state index contributed by atoms with van der Waals surface area (Å²) < 4.78 is 6.01. The third kappa shape index (κ3) is 1.96. The van der Waals surface area contributed by atoms with E-state index in [1.54, 1.807) is 0 Å². The number of nitrogens with zero attached hydrogens (tertiary/aromatic N) is 1. The van der Waals surface area contributed by atoms with E-state index in [1.807, 2.05) is 36.4 Å². The van der Waals surface area contributed by atoms with Crippen LogP contribution in [0.25, 0.3) is 0 Å². The molecule has 1 unspecified atom stereocenters. The number of hydrogen-bond acceptors (Lipinski definition) is 2. The van der Waals surface area contributed by atoms with Crippen LogP contribution in [0.5, 0.6) is 5.75 Å². The Morgan fingerprint density at radius 2 is 1.94 bits per heavy atom. The first kappa shape index (κ1) is 10.9. The summed E-state index contributed by atoms with van der Waals surface area (Å²) >= 11 is 0. The summed E-state index contributed by atoms with van der Waals surface area (Å²) in [7, 11) is 0. The van der Waals surface area contributed by atoms with Crippen molar-refractivity contribution in [3.8, 4) is 11.8 Å². The van der Waals surface area contributed by atoms with Gasteiger partial charge in [0.1, 0.15) is 11.9 Å². The van der Waals surface area contributed by atoms with Gasteiger partial charge in [-0.3, -0.25) is 0 Å². The predicted molar refractivity (Wildman–Crippen MR) is 69.3 cm³/mol. The highest BCUT2D eigenvalue weighted by molar-refractivity contribution is 5.44. The Kier molecular flexibility index (Phi) is 2.74. The average molecular weight is 235 g/mol. The Bertz CT molecular complexity index is 598. The van der Waals surface area contributed by atoms with Gasteiger partial charge in [0, 0.05) is 0 Å². The van der Waals surface area contributed by atoms with Crippen molar-refractivity contribution < 1.29 is 4.74 Å². The van der Waals surface area contributed by atoms with Crippen LogP contribution in [0.1, 0.15) is 29.2 Å². The quantitative estimate of drug-likeness (QED) is 0.756. The summed E-state index contributed by atoms with van der Waals surface area (Å²) in [6.45, 7) is 0. The maximum Gasteiger partial charge on any atom is 0.124 e. The van der Waals surface area contributed by atoms with Crippen molar-refractivity contribution in [2.24, 2.45) is 0 Å². The number of nitriles is 1. The molecule has 18 heavy (non-hydrogen) atoms. The van der Waals surface area contributed by atoms with Gasteiger partial charge in [0.05, 0.1) is 11.6 Å². The van der Waals surface area contributed by atoms with E-state index in [2.05, 4.69) is 18.2 Å². The van der Waals surface area contributed by atoms with Crippen LogP contribution in [0.2, 0.25) is 0 Å². The largest absolute Gasteiger partial charge is 0.485 e. The van der Waals surface area contributed by atoms with Crippen LogP contribution in [-0.4, -0.2) is 0 Å². The van der Waals surface area contributed by atoms with Gasteiger partial charge in [-0.2, -0.15) is 5.26 Å². The number of benzene rings is 2. The Morgan fingerprint density at radius 1 is 1.11 bits per heavy atom. The summed E-state index contributed by atoms with van der Waals surface area (Å²) in [5.41, 5.74) is 3.05. The van der Waals surface area contributed by atoms with E-state index >= 15 is 0 Å². The number of fused-ring (bicyclic) bond motifs is 1. The molecule has 0 saturated carbocycles. The average Bonchev–Trinajstić information content (AvgIpc) is 2.47. The first-order valence-electron chi connectivity index (χ1n) is 6.11. The molecular weight excluding hydrogens is 222 g/mol. The lowest BCUT2D eigenvalue weighted by Crippen LogP contribution is -2.15. The number of ether oxygens (including phenoxy) is 1. The number of hydrogen-bond donors (Lipinski definition) is 0. The van der Waals surface area contributed by atoms with Gasteiger partial charge in [-0.15, -0.1) is 0 Å². The highest BCUT2D eigenvalue weighted by Gasteiger charge is 2.21. The molecule has 0 bridgehead atoms. The Hall–Kier alpha value is -2.27. The molecule has 88 valence electrons. The van der Waals surface area contributed by atoms with Crippen LogP contribution in [0, 0.1) is 11.3 Å². The highest BCUT2D eigenvalue weighted by atomic mass is 16.5. The lowest BCUT2D eigenvalue weighted by atomic mass is 9.97. The van der Waals surface area contributed by atoms with Gasteiger partial charge >= 0.3 is 0 Å². The summed E-state index contributed by atoms with van der Waals surface area (Å²) in [4.78, 5) is 0. The van der Waals surface area contributed by atoms with Gasteiger partial charge in [0.25, 0.3) is 0 Å². The van der Waals surface area contributed by atoms with Crippen molar-refractivity contribution in [1.29, 1.82) is 5.26 Å². The minimum Gasteiger partial charge on any atom is -0.485 e. The molecule has 0 amide bonds. The van der Waals surface area contributed by atoms with Gasteiger partial charge < -0.3 is 4.74 Å². The standard InChI is InChI=1S/C16H13NO/c17-11-12-6-7-14-8-9-15(18-16(14)10-12)13-4-2-1-3-5-13/h1-7,10,15H,8-9H2. The fourth-order valence-corrected chi connectivity index (χ4v) is 2.34. The zero-order valence-corrected chi connectivity index (χ0v) is 9.97. The molecule has 1 aliphatic heterocycles. The van der Waals surface area contributed by atoms with Crippen LogP contribution in [0.15, 0.2) is 48.5 Å². The first-order valence-corrected chi connectivity index (χ1v) is 6.11. The molecule has 1 heterocycles. The molecule has 0 spiro atoms. The normalized spacial score (nSPS) is 17.4. The zero-order valence-electron chi connectivity index (χ0n) is 9.97. The fourth-order valence-electron chi connectivity index (χ4n) is 2.34. The van der Waals surface area contributed by atoms with Crippen molar-refractivity contribution in [1.82, 2.24) is 0 Å². The smallest absolute Gasteiger partial charge is 0.124 e. The van der Waals surface area contributed by atoms with Crippen LogP contribution in [0.3, 0.4) is 0 Å². The molecule has 2 nitrogen and oxygen atoms in total. The van der Waals surface area contributed by atoms with E-state index in [4.69, 9.17) is 10.00 Å². The fraction of sp³-hybridized carbons (Fsp3) is 0.188. The van der Waals surface area contributed by atoms with E-state index in [0.29, 0.717) is 5.56 Å². The van der Waals surface area contributed by atoms with Crippen LogP contribution < -0.4 is 4.74 Å². The second-order valence-corrected chi connectivity index (χ2v) is 4.49. The van der Waals surface area contributed by atoms with Gasteiger partial charge in [-0.25, -0.2) is 0 Å². The number of rotatable bonds is 1. The summed E-state index contributed by atoms with van der Waals surface area (Å²) in [6.07, 6.45) is 2.09. The second-order valence-electron chi connectivity index (χ2n) is 4.49. The lowest BCUT2D eigenvalue weighted by molar-refractivity contribution is 0.176. The molecule has 0 radical (unpaired) electrons. The SMILES string of the molecule is N#Cc1ccc2c(c1)OC(c1ccccc1)CC2. The Morgan fingerprint density at radius 3 is 2.72 bits per heavy atom. The monoisotopic (exact) mass is 235 g/mol. The maximum absolute atomic E-state index is 8.92. The number of aryl methyl sites for hydroxylation is 1. The van der Waals surface area contributed by atoms with E-state index in [-0.39, 0.29) is 6.10 Å². The molecule has 2 aromatic rings. The zero-order chi connectivity index (χ0) is 12.4. The van der Waals surface area contributed by atoms with E-state index < -0.39 is 0 Å². The Labute approximate surface area is 106 Å². The van der Waals surface area contributed by atoms with E-state index in [1.165, 1.54) is 11.1 Å². The van der Waals surface area contributed by atoms with Crippen LogP contribution >= 0.6 is 0 Å². The molecule has 0 fully saturated rings. The molecule has 2 aromatic carbocycles. The van der Waals surface area contributed by atoms with E-state index in [0.717, 1.165) is 18.6 Å². The lowest BCUT2D eigenvalue weighted by Gasteiger charge is -2.26. The maximum atomic E-state index is 8.92. The summed E-state index contributed by atoms with van der Waals surface area (Å²) in [5, 5.41) is 8.92. The molecule has 0 N–H and O–H groups in total. The molecule has 0 saturated heterocycles. The van der Waals surface area contributed by atoms with Gasteiger partial charge in [0.2, 0.25) is 0 Å². The highest BCUT2D eigenvalue weighted by Crippen LogP contribution is 2.35. The molecular formula is C16H13NO. The van der Waals surface area contributed by atoms with Gasteiger partial charge in [-0.05, 0) is 36.1 Å².